The van der Waals surface area contributed by atoms with E-state index in [0.717, 1.165) is 10.9 Å². The smallest absolute Gasteiger partial charge is 0.359 e. The van der Waals surface area contributed by atoms with Crippen molar-refractivity contribution in [2.75, 3.05) is 0 Å². The van der Waals surface area contributed by atoms with Crippen LogP contribution in [-0.2, 0) is 4.74 Å². The lowest BCUT2D eigenvalue weighted by Crippen LogP contribution is -2.24. The van der Waals surface area contributed by atoms with E-state index >= 15 is 0 Å². The summed E-state index contributed by atoms with van der Waals surface area (Å²) in [7, 11) is 0. The Bertz CT molecular complexity index is 868. The van der Waals surface area contributed by atoms with E-state index < -0.39 is 12.1 Å². The Hall–Kier alpha value is -3.02. The first-order valence-electron chi connectivity index (χ1n) is 7.16. The number of aromatic amines is 1. The maximum atomic E-state index is 12.5. The standard InChI is InChI=1S/C17H15N3O3/c1-10-7-19-15(9-18-10)17(22)23-11(2)16(21)13-8-20-14-6-4-3-5-12(13)14/h3-9,11,20H,1-2H3/t11-/m1/s1. The maximum absolute atomic E-state index is 12.5. The molecule has 116 valence electrons. The van der Waals surface area contributed by atoms with Gasteiger partial charge in [-0.2, -0.15) is 0 Å². The third-order valence-electron chi connectivity index (χ3n) is 3.50. The van der Waals surface area contributed by atoms with Crippen molar-refractivity contribution in [1.82, 2.24) is 15.0 Å². The molecule has 0 fully saturated rings. The van der Waals surface area contributed by atoms with Gasteiger partial charge in [0.05, 0.1) is 11.9 Å². The number of hydrogen-bond donors (Lipinski definition) is 1. The van der Waals surface area contributed by atoms with Gasteiger partial charge in [-0.3, -0.25) is 9.78 Å². The van der Waals surface area contributed by atoms with E-state index in [1.54, 1.807) is 20.0 Å². The number of Topliss-reactive ketones (excluding diaryl/α,β-unsaturated/α-hetero) is 1. The van der Waals surface area contributed by atoms with Gasteiger partial charge in [-0.1, -0.05) is 18.2 Å². The van der Waals surface area contributed by atoms with Crippen LogP contribution in [0.1, 0.15) is 33.5 Å². The molecule has 2 aromatic heterocycles. The molecule has 6 nitrogen and oxygen atoms in total. The summed E-state index contributed by atoms with van der Waals surface area (Å²) in [6.45, 7) is 3.31. The summed E-state index contributed by atoms with van der Waals surface area (Å²) < 4.78 is 5.21. The zero-order valence-electron chi connectivity index (χ0n) is 12.7. The number of aryl methyl sites for hydroxylation is 1. The fourth-order valence-electron chi connectivity index (χ4n) is 2.27. The SMILES string of the molecule is Cc1cnc(C(=O)O[C@H](C)C(=O)c2c[nH]c3ccccc23)cn1. The predicted octanol–water partition coefficient (Wildman–Crippen LogP) is 2.69. The molecule has 23 heavy (non-hydrogen) atoms. The molecule has 0 saturated carbocycles. The van der Waals surface area contributed by atoms with Crippen molar-refractivity contribution in [3.05, 3.63) is 59.8 Å². The van der Waals surface area contributed by atoms with Gasteiger partial charge in [0.25, 0.3) is 0 Å². The summed E-state index contributed by atoms with van der Waals surface area (Å²) in [5.41, 5.74) is 2.13. The minimum absolute atomic E-state index is 0.0779. The lowest BCUT2D eigenvalue weighted by Gasteiger charge is -2.11. The van der Waals surface area contributed by atoms with Crippen LogP contribution in [0.5, 0.6) is 0 Å². The molecule has 0 spiro atoms. The first-order chi connectivity index (χ1) is 11.1. The van der Waals surface area contributed by atoms with Gasteiger partial charge < -0.3 is 9.72 Å². The quantitative estimate of drug-likeness (QED) is 0.591. The number of para-hydroxylation sites is 1. The first-order valence-corrected chi connectivity index (χ1v) is 7.16. The molecular formula is C17H15N3O3. The van der Waals surface area contributed by atoms with Crippen molar-refractivity contribution in [2.45, 2.75) is 20.0 Å². The monoisotopic (exact) mass is 309 g/mol. The number of H-pyrrole nitrogens is 1. The second kappa shape index (κ2) is 6.00. The third-order valence-corrected chi connectivity index (χ3v) is 3.50. The fourth-order valence-corrected chi connectivity index (χ4v) is 2.27. The summed E-state index contributed by atoms with van der Waals surface area (Å²) in [5, 5.41) is 0.801. The summed E-state index contributed by atoms with van der Waals surface area (Å²) in [6.07, 6.45) is 3.52. The summed E-state index contributed by atoms with van der Waals surface area (Å²) in [4.78, 5) is 35.5. The fraction of sp³-hybridized carbons (Fsp3) is 0.176. The molecule has 0 amide bonds. The number of fused-ring (bicyclic) bond motifs is 1. The van der Waals surface area contributed by atoms with Gasteiger partial charge in [-0.05, 0) is 19.9 Å². The van der Waals surface area contributed by atoms with Crippen LogP contribution in [-0.4, -0.2) is 32.8 Å². The van der Waals surface area contributed by atoms with E-state index in [2.05, 4.69) is 15.0 Å². The molecule has 1 aromatic carbocycles. The number of benzene rings is 1. The van der Waals surface area contributed by atoms with E-state index in [0.29, 0.717) is 11.3 Å². The van der Waals surface area contributed by atoms with Crippen molar-refractivity contribution < 1.29 is 14.3 Å². The Morgan fingerprint density at radius 1 is 1.17 bits per heavy atom. The summed E-state index contributed by atoms with van der Waals surface area (Å²) >= 11 is 0. The van der Waals surface area contributed by atoms with E-state index in [4.69, 9.17) is 4.74 Å². The Balaban J connectivity index is 1.77. The molecule has 3 aromatic rings. The van der Waals surface area contributed by atoms with Crippen LogP contribution in [0, 0.1) is 6.92 Å². The van der Waals surface area contributed by atoms with Crippen molar-refractivity contribution in [3.8, 4) is 0 Å². The molecule has 0 radical (unpaired) electrons. The van der Waals surface area contributed by atoms with E-state index in [1.807, 2.05) is 24.3 Å². The second-order valence-electron chi connectivity index (χ2n) is 5.20. The number of carbonyl (C=O) groups is 2. The highest BCUT2D eigenvalue weighted by molar-refractivity contribution is 6.10. The van der Waals surface area contributed by atoms with Crippen molar-refractivity contribution in [2.24, 2.45) is 0 Å². The van der Waals surface area contributed by atoms with Crippen LogP contribution >= 0.6 is 0 Å². The zero-order chi connectivity index (χ0) is 16.4. The van der Waals surface area contributed by atoms with Gasteiger partial charge in [0.1, 0.15) is 0 Å². The van der Waals surface area contributed by atoms with Gasteiger partial charge in [-0.15, -0.1) is 0 Å². The van der Waals surface area contributed by atoms with Crippen LogP contribution < -0.4 is 0 Å². The highest BCUT2D eigenvalue weighted by Gasteiger charge is 2.23. The number of rotatable bonds is 4. The highest BCUT2D eigenvalue weighted by atomic mass is 16.5. The van der Waals surface area contributed by atoms with Gasteiger partial charge in [0, 0.05) is 28.9 Å². The Kier molecular flexibility index (Phi) is 3.89. The number of nitrogens with zero attached hydrogens (tertiary/aromatic N) is 2. The average Bonchev–Trinajstić information content (AvgIpc) is 2.98. The molecule has 1 N–H and O–H groups in total. The summed E-state index contributed by atoms with van der Waals surface area (Å²) in [6, 6.07) is 7.46. The average molecular weight is 309 g/mol. The Morgan fingerprint density at radius 2 is 1.96 bits per heavy atom. The minimum atomic E-state index is -0.912. The predicted molar refractivity (Wildman–Crippen MR) is 84.3 cm³/mol. The third kappa shape index (κ3) is 2.96. The van der Waals surface area contributed by atoms with Crippen molar-refractivity contribution in [1.29, 1.82) is 0 Å². The molecule has 3 rings (SSSR count). The number of hydrogen-bond acceptors (Lipinski definition) is 5. The molecule has 0 unspecified atom stereocenters. The number of aromatic nitrogens is 3. The first kappa shape index (κ1) is 14.9. The Morgan fingerprint density at radius 3 is 2.70 bits per heavy atom. The van der Waals surface area contributed by atoms with Crippen LogP contribution in [0.25, 0.3) is 10.9 Å². The molecule has 0 aliphatic carbocycles. The minimum Gasteiger partial charge on any atom is -0.449 e. The number of esters is 1. The molecule has 6 heteroatoms. The zero-order valence-corrected chi connectivity index (χ0v) is 12.7. The molecule has 0 saturated heterocycles. The molecule has 0 aliphatic rings. The van der Waals surface area contributed by atoms with E-state index in [9.17, 15) is 9.59 Å². The molecule has 1 atom stereocenters. The molecule has 0 aliphatic heterocycles. The van der Waals surface area contributed by atoms with Crippen LogP contribution in [0.2, 0.25) is 0 Å². The lowest BCUT2D eigenvalue weighted by molar-refractivity contribution is 0.0313. The van der Waals surface area contributed by atoms with Gasteiger partial charge in [0.15, 0.2) is 11.8 Å². The maximum Gasteiger partial charge on any atom is 0.359 e. The number of ether oxygens (including phenoxy) is 1. The van der Waals surface area contributed by atoms with E-state index in [1.165, 1.54) is 12.4 Å². The van der Waals surface area contributed by atoms with Crippen molar-refractivity contribution >= 4 is 22.7 Å². The summed E-state index contributed by atoms with van der Waals surface area (Å²) in [5.74, 6) is -0.936. The van der Waals surface area contributed by atoms with E-state index in [-0.39, 0.29) is 11.5 Å². The molecule has 2 heterocycles. The van der Waals surface area contributed by atoms with Gasteiger partial charge in [-0.25, -0.2) is 9.78 Å². The normalized spacial score (nSPS) is 12.1. The Labute approximate surface area is 132 Å². The molecule has 0 bridgehead atoms. The second-order valence-corrected chi connectivity index (χ2v) is 5.20. The lowest BCUT2D eigenvalue weighted by atomic mass is 10.1. The number of carbonyl (C=O) groups excluding carboxylic acids is 2. The van der Waals surface area contributed by atoms with Crippen LogP contribution in [0.4, 0.5) is 0 Å². The molecular weight excluding hydrogens is 294 g/mol. The highest BCUT2D eigenvalue weighted by Crippen LogP contribution is 2.20. The van der Waals surface area contributed by atoms with Crippen LogP contribution in [0.15, 0.2) is 42.9 Å². The van der Waals surface area contributed by atoms with Gasteiger partial charge >= 0.3 is 5.97 Å². The topological polar surface area (TPSA) is 84.9 Å². The number of ketones is 1. The number of nitrogens with one attached hydrogen (secondary N) is 1. The largest absolute Gasteiger partial charge is 0.449 e. The van der Waals surface area contributed by atoms with Crippen molar-refractivity contribution in [3.63, 3.8) is 0 Å². The van der Waals surface area contributed by atoms with Gasteiger partial charge in [0.2, 0.25) is 5.78 Å². The van der Waals surface area contributed by atoms with Crippen LogP contribution in [0.3, 0.4) is 0 Å².